The van der Waals surface area contributed by atoms with Gasteiger partial charge in [0.2, 0.25) is 0 Å². The molecule has 1 aliphatic heterocycles. The van der Waals surface area contributed by atoms with Crippen LogP contribution in [0.15, 0.2) is 30.6 Å². The zero-order valence-corrected chi connectivity index (χ0v) is 14.6. The summed E-state index contributed by atoms with van der Waals surface area (Å²) >= 11 is 0. The van der Waals surface area contributed by atoms with E-state index in [-0.39, 0.29) is 24.9 Å². The molecule has 1 amide bonds. The number of benzene rings is 1. The van der Waals surface area contributed by atoms with E-state index >= 15 is 4.39 Å². The van der Waals surface area contributed by atoms with Gasteiger partial charge in [-0.15, -0.1) is 0 Å². The maximum absolute atomic E-state index is 15.3. The Morgan fingerprint density at radius 1 is 1.44 bits per heavy atom. The third-order valence-electron chi connectivity index (χ3n) is 4.84. The van der Waals surface area contributed by atoms with Crippen molar-refractivity contribution in [3.8, 4) is 0 Å². The van der Waals surface area contributed by atoms with Crippen LogP contribution in [0.5, 0.6) is 0 Å². The van der Waals surface area contributed by atoms with Crippen LogP contribution >= 0.6 is 0 Å². The van der Waals surface area contributed by atoms with Gasteiger partial charge in [0.25, 0.3) is 5.91 Å². The summed E-state index contributed by atoms with van der Waals surface area (Å²) in [5, 5.41) is 10.1. The molecule has 0 bridgehead atoms. The first kappa shape index (κ1) is 19.3. The van der Waals surface area contributed by atoms with E-state index in [2.05, 4.69) is 9.97 Å². The van der Waals surface area contributed by atoms with Crippen LogP contribution < -0.4 is 0 Å². The van der Waals surface area contributed by atoms with Crippen molar-refractivity contribution < 1.29 is 27.5 Å². The van der Waals surface area contributed by atoms with Crippen LogP contribution in [0, 0.1) is 6.92 Å². The number of hydrogen-bond donors (Lipinski definition) is 2. The van der Waals surface area contributed by atoms with Gasteiger partial charge in [0.05, 0.1) is 24.1 Å². The molecule has 1 saturated heterocycles. The second-order valence-corrected chi connectivity index (χ2v) is 6.75. The Morgan fingerprint density at radius 2 is 2.19 bits per heavy atom. The lowest BCUT2D eigenvalue weighted by atomic mass is 9.93. The zero-order chi connectivity index (χ0) is 19.8. The fourth-order valence-electron chi connectivity index (χ4n) is 3.24. The van der Waals surface area contributed by atoms with Crippen molar-refractivity contribution in [3.05, 3.63) is 53.1 Å². The second kappa shape index (κ2) is 6.95. The summed E-state index contributed by atoms with van der Waals surface area (Å²) in [4.78, 5) is 20.4. The van der Waals surface area contributed by atoms with Crippen LogP contribution in [0.2, 0.25) is 0 Å². The molecular formula is C18H19F4N3O2. The van der Waals surface area contributed by atoms with Gasteiger partial charge in [0.1, 0.15) is 6.10 Å². The summed E-state index contributed by atoms with van der Waals surface area (Å²) in [7, 11) is 0. The van der Waals surface area contributed by atoms with Gasteiger partial charge in [-0.05, 0) is 24.6 Å². The van der Waals surface area contributed by atoms with E-state index in [1.165, 1.54) is 12.4 Å². The number of aromatic nitrogens is 2. The number of H-pyrrole nitrogens is 1. The first-order chi connectivity index (χ1) is 12.6. The number of alkyl halides is 4. The molecule has 5 nitrogen and oxygen atoms in total. The molecule has 2 N–H and O–H groups in total. The number of carbonyl (C=O) groups is 1. The minimum Gasteiger partial charge on any atom is -0.383 e. The Labute approximate surface area is 153 Å². The summed E-state index contributed by atoms with van der Waals surface area (Å²) in [5.74, 6) is -0.663. The van der Waals surface area contributed by atoms with E-state index in [1.54, 1.807) is 6.92 Å². The lowest BCUT2D eigenvalue weighted by Gasteiger charge is -2.23. The quantitative estimate of drug-likeness (QED) is 0.796. The number of rotatable bonds is 4. The number of halogens is 4. The average molecular weight is 385 g/mol. The van der Waals surface area contributed by atoms with Crippen molar-refractivity contribution in [2.75, 3.05) is 13.1 Å². The van der Waals surface area contributed by atoms with Crippen LogP contribution in [0.4, 0.5) is 17.6 Å². The van der Waals surface area contributed by atoms with Crippen molar-refractivity contribution in [3.63, 3.8) is 0 Å². The smallest absolute Gasteiger partial charge is 0.383 e. The topological polar surface area (TPSA) is 69.2 Å². The summed E-state index contributed by atoms with van der Waals surface area (Å²) in [6.07, 6.45) is -4.67. The molecule has 0 radical (unpaired) electrons. The standard InChI is InChI=1S/C18H19F4N3O2/c1-11-14(24-10-23-11)8-15(26)16(27)25-6-5-17(19,9-25)12-3-2-4-13(7-12)18(20,21)22/h2-4,7,10,15,26H,5-6,8-9H2,1H3,(H,23,24). The minimum atomic E-state index is -4.57. The Balaban J connectivity index is 1.72. The zero-order valence-electron chi connectivity index (χ0n) is 14.6. The lowest BCUT2D eigenvalue weighted by molar-refractivity contribution is -0.140. The molecule has 2 atom stereocenters. The number of hydrogen-bond acceptors (Lipinski definition) is 3. The molecule has 9 heteroatoms. The van der Waals surface area contributed by atoms with Crippen LogP contribution in [-0.2, 0) is 23.1 Å². The van der Waals surface area contributed by atoms with Gasteiger partial charge in [-0.1, -0.05) is 12.1 Å². The van der Waals surface area contributed by atoms with Gasteiger partial charge in [-0.3, -0.25) is 4.79 Å². The molecule has 1 fully saturated rings. The van der Waals surface area contributed by atoms with E-state index in [4.69, 9.17) is 0 Å². The molecule has 27 heavy (non-hydrogen) atoms. The first-order valence-corrected chi connectivity index (χ1v) is 8.42. The van der Waals surface area contributed by atoms with E-state index < -0.39 is 36.0 Å². The predicted octanol–water partition coefficient (Wildman–Crippen LogP) is 2.74. The molecule has 0 spiro atoms. The summed E-state index contributed by atoms with van der Waals surface area (Å²) in [6, 6.07) is 4.09. The number of aliphatic hydroxyl groups is 1. The van der Waals surface area contributed by atoms with E-state index in [1.807, 2.05) is 0 Å². The molecule has 0 aliphatic carbocycles. The van der Waals surface area contributed by atoms with E-state index in [9.17, 15) is 23.1 Å². The number of likely N-dealkylation sites (tertiary alicyclic amines) is 1. The molecule has 146 valence electrons. The molecule has 1 aromatic carbocycles. The maximum atomic E-state index is 15.3. The van der Waals surface area contributed by atoms with Gasteiger partial charge in [-0.2, -0.15) is 13.2 Å². The van der Waals surface area contributed by atoms with Crippen molar-refractivity contribution in [1.82, 2.24) is 14.9 Å². The molecular weight excluding hydrogens is 366 g/mol. The number of aromatic amines is 1. The Hall–Kier alpha value is -2.42. The number of aryl methyl sites for hydroxylation is 1. The van der Waals surface area contributed by atoms with Crippen molar-refractivity contribution in [2.24, 2.45) is 0 Å². The third-order valence-corrected chi connectivity index (χ3v) is 4.84. The predicted molar refractivity (Wildman–Crippen MR) is 88.5 cm³/mol. The van der Waals surface area contributed by atoms with E-state index in [0.717, 1.165) is 23.1 Å². The largest absolute Gasteiger partial charge is 0.416 e. The fraction of sp³-hybridized carbons (Fsp3) is 0.444. The van der Waals surface area contributed by atoms with Gasteiger partial charge in [-0.25, -0.2) is 9.37 Å². The van der Waals surface area contributed by atoms with Crippen LogP contribution in [0.3, 0.4) is 0 Å². The van der Waals surface area contributed by atoms with Crippen molar-refractivity contribution in [1.29, 1.82) is 0 Å². The normalized spacial score (nSPS) is 21.5. The monoisotopic (exact) mass is 385 g/mol. The molecule has 2 aromatic rings. The molecule has 1 aliphatic rings. The average Bonchev–Trinajstić information content (AvgIpc) is 3.21. The summed E-state index contributed by atoms with van der Waals surface area (Å²) < 4.78 is 53.9. The number of nitrogens with zero attached hydrogens (tertiary/aromatic N) is 2. The van der Waals surface area contributed by atoms with Crippen LogP contribution in [0.1, 0.15) is 28.9 Å². The Kier molecular flexibility index (Phi) is 4.98. The van der Waals surface area contributed by atoms with Gasteiger partial charge >= 0.3 is 6.18 Å². The molecule has 3 rings (SSSR count). The lowest BCUT2D eigenvalue weighted by Crippen LogP contribution is -2.40. The highest BCUT2D eigenvalue weighted by molar-refractivity contribution is 5.81. The maximum Gasteiger partial charge on any atom is 0.416 e. The van der Waals surface area contributed by atoms with Gasteiger partial charge in [0, 0.05) is 25.1 Å². The van der Waals surface area contributed by atoms with Crippen molar-refractivity contribution >= 4 is 5.91 Å². The van der Waals surface area contributed by atoms with Crippen LogP contribution in [0.25, 0.3) is 0 Å². The highest BCUT2D eigenvalue weighted by Crippen LogP contribution is 2.39. The third kappa shape index (κ3) is 3.97. The van der Waals surface area contributed by atoms with Gasteiger partial charge < -0.3 is 15.0 Å². The van der Waals surface area contributed by atoms with E-state index in [0.29, 0.717) is 11.4 Å². The second-order valence-electron chi connectivity index (χ2n) is 6.75. The number of carbonyl (C=O) groups excluding carboxylic acids is 1. The Bertz CT molecular complexity index is 836. The van der Waals surface area contributed by atoms with Crippen molar-refractivity contribution in [2.45, 2.75) is 37.7 Å². The molecule has 2 heterocycles. The number of nitrogens with one attached hydrogen (secondary N) is 1. The van der Waals surface area contributed by atoms with Gasteiger partial charge in [0.15, 0.2) is 5.67 Å². The number of aliphatic hydroxyl groups excluding tert-OH is 1. The number of amides is 1. The highest BCUT2D eigenvalue weighted by Gasteiger charge is 2.44. The summed E-state index contributed by atoms with van der Waals surface area (Å²) in [6.45, 7) is 1.36. The summed E-state index contributed by atoms with van der Waals surface area (Å²) in [5.41, 5.74) is -1.90. The SMILES string of the molecule is Cc1[nH]cnc1CC(O)C(=O)N1CCC(F)(c2cccc(C(F)(F)F)c2)C1. The molecule has 0 saturated carbocycles. The Morgan fingerprint density at radius 3 is 2.81 bits per heavy atom. The fourth-order valence-corrected chi connectivity index (χ4v) is 3.24. The molecule has 1 aromatic heterocycles. The van der Waals surface area contributed by atoms with Crippen LogP contribution in [-0.4, -0.2) is 45.1 Å². The first-order valence-electron chi connectivity index (χ1n) is 8.42. The number of imidazole rings is 1. The minimum absolute atomic E-state index is 0.0161. The highest BCUT2D eigenvalue weighted by atomic mass is 19.4. The molecule has 2 unspecified atom stereocenters.